The SMILES string of the molecule is O=C(Cc1ccc(NS(=O)(=O)/C=C/c2ccccc2)cc1)NC1CC1. The second-order valence-electron chi connectivity index (χ2n) is 6.08. The van der Waals surface area contributed by atoms with Crippen molar-refractivity contribution in [1.29, 1.82) is 0 Å². The van der Waals surface area contributed by atoms with Gasteiger partial charge in [0, 0.05) is 11.7 Å². The van der Waals surface area contributed by atoms with Crippen molar-refractivity contribution in [3.8, 4) is 0 Å². The molecule has 0 heterocycles. The second-order valence-corrected chi connectivity index (χ2v) is 7.64. The van der Waals surface area contributed by atoms with E-state index >= 15 is 0 Å². The topological polar surface area (TPSA) is 75.3 Å². The number of anilines is 1. The molecule has 1 amide bonds. The molecule has 25 heavy (non-hydrogen) atoms. The summed E-state index contributed by atoms with van der Waals surface area (Å²) >= 11 is 0. The van der Waals surface area contributed by atoms with Crippen LogP contribution in [0.5, 0.6) is 0 Å². The van der Waals surface area contributed by atoms with E-state index < -0.39 is 10.0 Å². The molecule has 2 aromatic carbocycles. The highest BCUT2D eigenvalue weighted by Gasteiger charge is 2.23. The van der Waals surface area contributed by atoms with Crippen LogP contribution in [0.3, 0.4) is 0 Å². The highest BCUT2D eigenvalue weighted by Crippen LogP contribution is 2.19. The molecule has 6 heteroatoms. The maximum atomic E-state index is 12.1. The Balaban J connectivity index is 1.58. The first kappa shape index (κ1) is 17.2. The zero-order valence-corrected chi connectivity index (χ0v) is 14.5. The van der Waals surface area contributed by atoms with E-state index in [1.807, 2.05) is 30.3 Å². The number of amides is 1. The standard InChI is InChI=1S/C19H20N2O3S/c22-19(20-17-10-11-17)14-16-6-8-18(9-7-16)21-25(23,24)13-12-15-4-2-1-3-5-15/h1-9,12-13,17,21H,10-11,14H2,(H,20,22)/b13-12+. The lowest BCUT2D eigenvalue weighted by Gasteiger charge is -2.07. The zero-order valence-electron chi connectivity index (χ0n) is 13.7. The molecule has 130 valence electrons. The van der Waals surface area contributed by atoms with Crippen LogP contribution in [0.25, 0.3) is 6.08 Å². The van der Waals surface area contributed by atoms with Gasteiger partial charge in [0.15, 0.2) is 0 Å². The Kier molecular flexibility index (Phi) is 5.19. The van der Waals surface area contributed by atoms with Crippen LogP contribution in [0.15, 0.2) is 60.0 Å². The summed E-state index contributed by atoms with van der Waals surface area (Å²) in [6, 6.07) is 16.4. The van der Waals surface area contributed by atoms with Gasteiger partial charge in [0.1, 0.15) is 0 Å². The van der Waals surface area contributed by atoms with Gasteiger partial charge >= 0.3 is 0 Å². The van der Waals surface area contributed by atoms with E-state index in [1.165, 1.54) is 0 Å². The fraction of sp³-hybridized carbons (Fsp3) is 0.211. The molecule has 0 saturated heterocycles. The molecule has 1 aliphatic rings. The molecule has 0 unspecified atom stereocenters. The van der Waals surface area contributed by atoms with Crippen LogP contribution >= 0.6 is 0 Å². The van der Waals surface area contributed by atoms with Crippen molar-refractivity contribution in [3.05, 3.63) is 71.1 Å². The summed E-state index contributed by atoms with van der Waals surface area (Å²) in [6.45, 7) is 0. The molecule has 0 aromatic heterocycles. The lowest BCUT2D eigenvalue weighted by atomic mass is 10.1. The van der Waals surface area contributed by atoms with Gasteiger partial charge in [-0.05, 0) is 42.2 Å². The predicted octanol–water partition coefficient (Wildman–Crippen LogP) is 2.92. The molecule has 2 N–H and O–H groups in total. The number of carbonyl (C=O) groups is 1. The minimum Gasteiger partial charge on any atom is -0.353 e. The summed E-state index contributed by atoms with van der Waals surface area (Å²) in [7, 11) is -3.59. The fourth-order valence-electron chi connectivity index (χ4n) is 2.31. The summed E-state index contributed by atoms with van der Waals surface area (Å²) in [5, 5.41) is 4.07. The van der Waals surface area contributed by atoms with Crippen LogP contribution in [0, 0.1) is 0 Å². The van der Waals surface area contributed by atoms with Crippen molar-refractivity contribution >= 4 is 27.7 Å². The molecule has 0 atom stereocenters. The van der Waals surface area contributed by atoms with Crippen LogP contribution in [0.1, 0.15) is 24.0 Å². The van der Waals surface area contributed by atoms with Crippen molar-refractivity contribution in [1.82, 2.24) is 5.32 Å². The van der Waals surface area contributed by atoms with E-state index in [1.54, 1.807) is 30.3 Å². The highest BCUT2D eigenvalue weighted by molar-refractivity contribution is 7.95. The van der Waals surface area contributed by atoms with Crippen molar-refractivity contribution in [3.63, 3.8) is 0 Å². The average molecular weight is 356 g/mol. The zero-order chi connectivity index (χ0) is 17.7. The molecule has 0 aliphatic heterocycles. The van der Waals surface area contributed by atoms with E-state index in [0.717, 1.165) is 29.4 Å². The van der Waals surface area contributed by atoms with Crippen molar-refractivity contribution in [2.45, 2.75) is 25.3 Å². The predicted molar refractivity (Wildman–Crippen MR) is 99.3 cm³/mol. The lowest BCUT2D eigenvalue weighted by Crippen LogP contribution is -2.26. The number of carbonyl (C=O) groups excluding carboxylic acids is 1. The van der Waals surface area contributed by atoms with Gasteiger partial charge in [0.25, 0.3) is 10.0 Å². The van der Waals surface area contributed by atoms with E-state index in [-0.39, 0.29) is 5.91 Å². The molecule has 1 saturated carbocycles. The van der Waals surface area contributed by atoms with Gasteiger partial charge in [0.05, 0.1) is 11.8 Å². The first-order valence-electron chi connectivity index (χ1n) is 8.14. The minimum absolute atomic E-state index is 0.00150. The minimum atomic E-state index is -3.59. The van der Waals surface area contributed by atoms with Crippen LogP contribution in [-0.4, -0.2) is 20.4 Å². The quantitative estimate of drug-likeness (QED) is 0.801. The monoisotopic (exact) mass is 356 g/mol. The van der Waals surface area contributed by atoms with Gasteiger partial charge in [-0.15, -0.1) is 0 Å². The molecule has 0 bridgehead atoms. The second kappa shape index (κ2) is 7.53. The molecular formula is C19H20N2O3S. The van der Waals surface area contributed by atoms with E-state index in [0.29, 0.717) is 18.2 Å². The molecule has 1 aliphatic carbocycles. The maximum absolute atomic E-state index is 12.1. The normalized spacial score (nSPS) is 14.4. The van der Waals surface area contributed by atoms with Crippen molar-refractivity contribution < 1.29 is 13.2 Å². The number of rotatable bonds is 7. The molecule has 3 rings (SSSR count). The third-order valence-corrected chi connectivity index (χ3v) is 4.78. The number of sulfonamides is 1. The van der Waals surface area contributed by atoms with E-state index in [2.05, 4.69) is 10.0 Å². The Hall–Kier alpha value is -2.60. The van der Waals surface area contributed by atoms with Gasteiger partial charge in [-0.25, -0.2) is 8.42 Å². The van der Waals surface area contributed by atoms with E-state index in [4.69, 9.17) is 0 Å². The largest absolute Gasteiger partial charge is 0.353 e. The Morgan fingerprint density at radius 2 is 1.72 bits per heavy atom. The van der Waals surface area contributed by atoms with E-state index in [9.17, 15) is 13.2 Å². The summed E-state index contributed by atoms with van der Waals surface area (Å²) in [5.41, 5.74) is 2.12. The third-order valence-electron chi connectivity index (χ3n) is 3.76. The average Bonchev–Trinajstić information content (AvgIpc) is 3.39. The Labute approximate surface area is 147 Å². The Bertz CT molecular complexity index is 855. The summed E-state index contributed by atoms with van der Waals surface area (Å²) < 4.78 is 26.7. The van der Waals surface area contributed by atoms with Crippen molar-refractivity contribution in [2.75, 3.05) is 4.72 Å². The van der Waals surface area contributed by atoms with Gasteiger partial charge in [-0.3, -0.25) is 9.52 Å². The number of benzene rings is 2. The van der Waals surface area contributed by atoms with Crippen LogP contribution in [0.4, 0.5) is 5.69 Å². The lowest BCUT2D eigenvalue weighted by molar-refractivity contribution is -0.120. The molecule has 0 radical (unpaired) electrons. The first-order valence-corrected chi connectivity index (χ1v) is 9.69. The fourth-order valence-corrected chi connectivity index (χ4v) is 3.18. The van der Waals surface area contributed by atoms with Gasteiger partial charge < -0.3 is 5.32 Å². The smallest absolute Gasteiger partial charge is 0.255 e. The van der Waals surface area contributed by atoms with Crippen LogP contribution in [0.2, 0.25) is 0 Å². The van der Waals surface area contributed by atoms with Gasteiger partial charge in [0.2, 0.25) is 5.91 Å². The van der Waals surface area contributed by atoms with Crippen molar-refractivity contribution in [2.24, 2.45) is 0 Å². The third kappa shape index (κ3) is 5.76. The van der Waals surface area contributed by atoms with Gasteiger partial charge in [-0.2, -0.15) is 0 Å². The summed E-state index contributed by atoms with van der Waals surface area (Å²) in [6.07, 6.45) is 3.96. The first-order chi connectivity index (χ1) is 12.0. The number of nitrogens with one attached hydrogen (secondary N) is 2. The molecule has 5 nitrogen and oxygen atoms in total. The Morgan fingerprint density at radius 3 is 2.36 bits per heavy atom. The number of hydrogen-bond donors (Lipinski definition) is 2. The molecule has 0 spiro atoms. The Morgan fingerprint density at radius 1 is 1.04 bits per heavy atom. The highest BCUT2D eigenvalue weighted by atomic mass is 32.2. The summed E-state index contributed by atoms with van der Waals surface area (Å²) in [4.78, 5) is 11.8. The maximum Gasteiger partial charge on any atom is 0.255 e. The van der Waals surface area contributed by atoms with Crippen LogP contribution < -0.4 is 10.0 Å². The molecule has 1 fully saturated rings. The van der Waals surface area contributed by atoms with Gasteiger partial charge in [-0.1, -0.05) is 42.5 Å². The molecular weight excluding hydrogens is 336 g/mol. The number of hydrogen-bond acceptors (Lipinski definition) is 3. The molecule has 2 aromatic rings. The van der Waals surface area contributed by atoms with Crippen LogP contribution in [-0.2, 0) is 21.2 Å². The summed E-state index contributed by atoms with van der Waals surface area (Å²) in [5.74, 6) is 0.00150.